The molecule has 2 aromatic heterocycles. The van der Waals surface area contributed by atoms with Crippen molar-refractivity contribution in [2.75, 3.05) is 23.3 Å². The lowest BCUT2D eigenvalue weighted by molar-refractivity contribution is 0.402. The predicted octanol–water partition coefficient (Wildman–Crippen LogP) is 5.87. The summed E-state index contributed by atoms with van der Waals surface area (Å²) in [5.41, 5.74) is 2.33. The highest BCUT2D eigenvalue weighted by molar-refractivity contribution is 5.57. The van der Waals surface area contributed by atoms with Crippen LogP contribution in [-0.2, 0) is 6.42 Å². The van der Waals surface area contributed by atoms with Gasteiger partial charge in [-0.25, -0.2) is 15.0 Å². The van der Waals surface area contributed by atoms with Crippen LogP contribution in [0.3, 0.4) is 0 Å². The van der Waals surface area contributed by atoms with Crippen molar-refractivity contribution < 1.29 is 4.74 Å². The Morgan fingerprint density at radius 1 is 0.848 bits per heavy atom. The number of hydrogen-bond acceptors (Lipinski definition) is 6. The number of nitrogens with one attached hydrogen (secondary N) is 1. The smallest absolute Gasteiger partial charge is 0.263 e. The average Bonchev–Trinajstić information content (AvgIpc) is 2.87. The third-order valence-corrected chi connectivity index (χ3v) is 5.84. The SMILES string of the molecule is c1ccc(CC2CCCN(c3nccnc3Oc3ccc(Nc4ccccn4)cc3)C2)cc1. The fraction of sp³-hybridized carbons (Fsp3) is 0.222. The van der Waals surface area contributed by atoms with Crippen LogP contribution in [0.25, 0.3) is 0 Å². The molecule has 0 aliphatic carbocycles. The molecule has 0 amide bonds. The number of nitrogens with zero attached hydrogens (tertiary/aromatic N) is 4. The van der Waals surface area contributed by atoms with Gasteiger partial charge in [-0.05, 0) is 67.1 Å². The molecule has 1 atom stereocenters. The first-order chi connectivity index (χ1) is 16.3. The highest BCUT2D eigenvalue weighted by atomic mass is 16.5. The molecule has 2 aromatic carbocycles. The number of anilines is 3. The number of piperidine rings is 1. The zero-order chi connectivity index (χ0) is 22.3. The van der Waals surface area contributed by atoms with Gasteiger partial charge in [-0.15, -0.1) is 0 Å². The lowest BCUT2D eigenvalue weighted by atomic mass is 9.91. The second-order valence-corrected chi connectivity index (χ2v) is 8.30. The van der Waals surface area contributed by atoms with Crippen molar-refractivity contribution in [1.82, 2.24) is 15.0 Å². The van der Waals surface area contributed by atoms with Gasteiger partial charge in [-0.3, -0.25) is 0 Å². The van der Waals surface area contributed by atoms with Crippen molar-refractivity contribution >= 4 is 17.3 Å². The van der Waals surface area contributed by atoms with Gasteiger partial charge in [0.05, 0.1) is 0 Å². The normalized spacial score (nSPS) is 15.8. The van der Waals surface area contributed by atoms with Crippen molar-refractivity contribution in [3.05, 3.63) is 97.0 Å². The van der Waals surface area contributed by atoms with Crippen molar-refractivity contribution in [1.29, 1.82) is 0 Å². The van der Waals surface area contributed by atoms with Gasteiger partial charge in [0.2, 0.25) is 0 Å². The van der Waals surface area contributed by atoms with E-state index in [1.54, 1.807) is 18.6 Å². The van der Waals surface area contributed by atoms with E-state index in [4.69, 9.17) is 4.74 Å². The molecule has 1 saturated heterocycles. The van der Waals surface area contributed by atoms with Crippen molar-refractivity contribution in [3.8, 4) is 11.6 Å². The first-order valence-corrected chi connectivity index (χ1v) is 11.4. The number of pyridine rings is 1. The Bertz CT molecular complexity index is 1150. The molecule has 6 heteroatoms. The van der Waals surface area contributed by atoms with E-state index < -0.39 is 0 Å². The lowest BCUT2D eigenvalue weighted by Gasteiger charge is -2.34. The molecule has 5 rings (SSSR count). The topological polar surface area (TPSA) is 63.2 Å². The van der Waals surface area contributed by atoms with Crippen LogP contribution in [0.1, 0.15) is 18.4 Å². The summed E-state index contributed by atoms with van der Waals surface area (Å²) in [6.07, 6.45) is 8.64. The Morgan fingerprint density at radius 3 is 2.48 bits per heavy atom. The summed E-state index contributed by atoms with van der Waals surface area (Å²) in [5, 5.41) is 3.28. The van der Waals surface area contributed by atoms with Gasteiger partial charge < -0.3 is 15.0 Å². The standard InChI is InChI=1S/C27H27N5O/c1-2-7-21(8-3-1)19-22-9-6-18-32(20-22)26-27(30-17-16-29-26)33-24-13-11-23(12-14-24)31-25-10-4-5-15-28-25/h1-5,7-8,10-17,22H,6,9,18-20H2,(H,28,31). The largest absolute Gasteiger partial charge is 0.436 e. The number of rotatable bonds is 7. The minimum Gasteiger partial charge on any atom is -0.436 e. The maximum absolute atomic E-state index is 6.16. The van der Waals surface area contributed by atoms with Gasteiger partial charge in [-0.1, -0.05) is 36.4 Å². The van der Waals surface area contributed by atoms with E-state index in [2.05, 4.69) is 55.5 Å². The number of benzene rings is 2. The summed E-state index contributed by atoms with van der Waals surface area (Å²) in [6, 6.07) is 24.3. The molecule has 33 heavy (non-hydrogen) atoms. The second-order valence-electron chi connectivity index (χ2n) is 8.30. The Hall–Kier alpha value is -3.93. The quantitative estimate of drug-likeness (QED) is 0.390. The fourth-order valence-electron chi connectivity index (χ4n) is 4.28. The maximum Gasteiger partial charge on any atom is 0.263 e. The van der Waals surface area contributed by atoms with Gasteiger partial charge in [0.1, 0.15) is 11.6 Å². The van der Waals surface area contributed by atoms with Crippen LogP contribution in [0.4, 0.5) is 17.3 Å². The van der Waals surface area contributed by atoms with Crippen molar-refractivity contribution in [3.63, 3.8) is 0 Å². The molecule has 166 valence electrons. The second kappa shape index (κ2) is 10.1. The van der Waals surface area contributed by atoms with E-state index in [1.165, 1.54) is 12.0 Å². The Labute approximate surface area is 194 Å². The van der Waals surface area contributed by atoms with Crippen molar-refractivity contribution in [2.45, 2.75) is 19.3 Å². The first-order valence-electron chi connectivity index (χ1n) is 11.4. The minimum absolute atomic E-state index is 0.545. The average molecular weight is 438 g/mol. The zero-order valence-electron chi connectivity index (χ0n) is 18.5. The van der Waals surface area contributed by atoms with Gasteiger partial charge in [0, 0.05) is 37.4 Å². The number of hydrogen-bond donors (Lipinski definition) is 1. The van der Waals surface area contributed by atoms with Gasteiger partial charge >= 0.3 is 0 Å². The molecule has 1 fully saturated rings. The summed E-state index contributed by atoms with van der Waals surface area (Å²) in [7, 11) is 0. The molecule has 6 nitrogen and oxygen atoms in total. The van der Waals surface area contributed by atoms with E-state index in [1.807, 2.05) is 42.5 Å². The maximum atomic E-state index is 6.16. The summed E-state index contributed by atoms with van der Waals surface area (Å²) in [4.78, 5) is 15.7. The summed E-state index contributed by atoms with van der Waals surface area (Å²) >= 11 is 0. The molecule has 1 aliphatic rings. The van der Waals surface area contributed by atoms with E-state index in [0.717, 1.165) is 49.0 Å². The van der Waals surface area contributed by atoms with E-state index in [0.29, 0.717) is 11.8 Å². The summed E-state index contributed by atoms with van der Waals surface area (Å²) in [6.45, 7) is 1.92. The molecule has 0 saturated carbocycles. The number of aromatic nitrogens is 3. The van der Waals surface area contributed by atoms with Crippen LogP contribution in [0.15, 0.2) is 91.4 Å². The molecular formula is C27H27N5O. The Balaban J connectivity index is 1.27. The number of ether oxygens (including phenoxy) is 1. The van der Waals surface area contributed by atoms with Gasteiger partial charge in [0.15, 0.2) is 5.82 Å². The predicted molar refractivity (Wildman–Crippen MR) is 131 cm³/mol. The van der Waals surface area contributed by atoms with Crippen LogP contribution in [0.5, 0.6) is 11.6 Å². The molecule has 4 aromatic rings. The van der Waals surface area contributed by atoms with Crippen LogP contribution >= 0.6 is 0 Å². The fourth-order valence-corrected chi connectivity index (χ4v) is 4.28. The van der Waals surface area contributed by atoms with Crippen LogP contribution in [0, 0.1) is 5.92 Å². The van der Waals surface area contributed by atoms with Gasteiger partial charge in [0.25, 0.3) is 5.88 Å². The molecule has 1 unspecified atom stereocenters. The highest BCUT2D eigenvalue weighted by Gasteiger charge is 2.24. The molecule has 1 aliphatic heterocycles. The van der Waals surface area contributed by atoms with E-state index >= 15 is 0 Å². The molecule has 1 N–H and O–H groups in total. The summed E-state index contributed by atoms with van der Waals surface area (Å²) < 4.78 is 6.16. The minimum atomic E-state index is 0.545. The molecule has 0 radical (unpaired) electrons. The molecule has 0 spiro atoms. The molecule has 3 heterocycles. The van der Waals surface area contributed by atoms with Crippen LogP contribution in [0.2, 0.25) is 0 Å². The van der Waals surface area contributed by atoms with Crippen molar-refractivity contribution in [2.24, 2.45) is 5.92 Å². The van der Waals surface area contributed by atoms with E-state index in [-0.39, 0.29) is 0 Å². The molecular weight excluding hydrogens is 410 g/mol. The lowest BCUT2D eigenvalue weighted by Crippen LogP contribution is -2.37. The highest BCUT2D eigenvalue weighted by Crippen LogP contribution is 2.32. The van der Waals surface area contributed by atoms with Gasteiger partial charge in [-0.2, -0.15) is 0 Å². The Morgan fingerprint density at radius 2 is 1.67 bits per heavy atom. The molecule has 0 bridgehead atoms. The van der Waals surface area contributed by atoms with Crippen LogP contribution in [-0.4, -0.2) is 28.0 Å². The van der Waals surface area contributed by atoms with Crippen LogP contribution < -0.4 is 15.0 Å². The monoisotopic (exact) mass is 437 g/mol. The first kappa shape index (κ1) is 20.9. The zero-order valence-corrected chi connectivity index (χ0v) is 18.5. The third kappa shape index (κ3) is 5.47. The third-order valence-electron chi connectivity index (χ3n) is 5.84. The Kier molecular flexibility index (Phi) is 6.43. The summed E-state index contributed by atoms with van der Waals surface area (Å²) in [5.74, 6) is 3.47. The van der Waals surface area contributed by atoms with E-state index in [9.17, 15) is 0 Å².